The highest BCUT2D eigenvalue weighted by Crippen LogP contribution is 2.40. The van der Waals surface area contributed by atoms with E-state index in [0.29, 0.717) is 10.6 Å². The second-order valence-corrected chi connectivity index (χ2v) is 7.60. The van der Waals surface area contributed by atoms with Crippen molar-refractivity contribution in [1.29, 1.82) is 0 Å². The summed E-state index contributed by atoms with van der Waals surface area (Å²) in [5.41, 5.74) is 2.07. The minimum Gasteiger partial charge on any atom is -0.326 e. The molecule has 27 heavy (non-hydrogen) atoms. The summed E-state index contributed by atoms with van der Waals surface area (Å²) in [4.78, 5) is 25.0. The molecule has 0 spiro atoms. The maximum absolute atomic E-state index is 12.8. The molecule has 142 valence electrons. The topological polar surface area (TPSA) is 58.2 Å². The summed E-state index contributed by atoms with van der Waals surface area (Å²) in [6.45, 7) is 3.90. The predicted octanol–water partition coefficient (Wildman–Crippen LogP) is 4.76. The molecule has 4 nitrogen and oxygen atoms in total. The minimum absolute atomic E-state index is 0.0795. The van der Waals surface area contributed by atoms with Crippen molar-refractivity contribution in [2.24, 2.45) is 0 Å². The third kappa shape index (κ3) is 4.44. The van der Waals surface area contributed by atoms with Crippen molar-refractivity contribution >= 4 is 35.0 Å². The maximum Gasteiger partial charge on any atom is 0.416 e. The summed E-state index contributed by atoms with van der Waals surface area (Å²) in [5.74, 6) is -0.816. The molecule has 3 rings (SSSR count). The quantitative estimate of drug-likeness (QED) is 0.789. The first kappa shape index (κ1) is 19.3. The maximum atomic E-state index is 12.8. The first-order chi connectivity index (χ1) is 12.6. The van der Waals surface area contributed by atoms with Crippen LogP contribution in [0.5, 0.6) is 0 Å². The van der Waals surface area contributed by atoms with Gasteiger partial charge in [0.2, 0.25) is 11.8 Å². The molecule has 2 aromatic rings. The molecular weight excluding hydrogens is 377 g/mol. The molecule has 1 atom stereocenters. The number of aryl methyl sites for hydroxylation is 2. The third-order valence-electron chi connectivity index (χ3n) is 4.29. The van der Waals surface area contributed by atoms with E-state index in [1.165, 1.54) is 6.07 Å². The highest BCUT2D eigenvalue weighted by atomic mass is 32.2. The lowest BCUT2D eigenvalue weighted by atomic mass is 10.1. The van der Waals surface area contributed by atoms with E-state index in [1.807, 2.05) is 26.0 Å². The number of hydrogen-bond acceptors (Lipinski definition) is 3. The normalized spacial score (nSPS) is 16.5. The predicted molar refractivity (Wildman–Crippen MR) is 98.9 cm³/mol. The molecule has 0 bridgehead atoms. The molecule has 0 aliphatic carbocycles. The Labute approximate surface area is 158 Å². The summed E-state index contributed by atoms with van der Waals surface area (Å²) >= 11 is 1.09. The van der Waals surface area contributed by atoms with Crippen LogP contribution in [0.4, 0.5) is 24.5 Å². The van der Waals surface area contributed by atoms with Crippen LogP contribution >= 0.6 is 11.8 Å². The van der Waals surface area contributed by atoms with E-state index < -0.39 is 22.9 Å². The number of fused-ring (bicyclic) bond motifs is 1. The molecule has 8 heteroatoms. The van der Waals surface area contributed by atoms with Crippen molar-refractivity contribution in [3.63, 3.8) is 0 Å². The molecule has 0 aromatic heterocycles. The second kappa shape index (κ2) is 7.26. The number of nitrogens with one attached hydrogen (secondary N) is 2. The summed E-state index contributed by atoms with van der Waals surface area (Å²) in [5, 5.41) is 4.51. The number of halogens is 3. The summed E-state index contributed by atoms with van der Waals surface area (Å²) in [6, 6.07) is 8.71. The molecule has 0 saturated heterocycles. The van der Waals surface area contributed by atoms with Gasteiger partial charge in [-0.3, -0.25) is 9.59 Å². The number of thioether (sulfide) groups is 1. The highest BCUT2D eigenvalue weighted by molar-refractivity contribution is 8.01. The van der Waals surface area contributed by atoms with E-state index in [4.69, 9.17) is 0 Å². The van der Waals surface area contributed by atoms with Gasteiger partial charge >= 0.3 is 6.18 Å². The Bertz CT molecular complexity index is 912. The molecular formula is C19H17F3N2O2S. The number of benzene rings is 2. The van der Waals surface area contributed by atoms with Gasteiger partial charge in [0.25, 0.3) is 0 Å². The monoisotopic (exact) mass is 394 g/mol. The smallest absolute Gasteiger partial charge is 0.326 e. The Morgan fingerprint density at radius 3 is 2.56 bits per heavy atom. The van der Waals surface area contributed by atoms with Crippen LogP contribution in [-0.2, 0) is 15.8 Å². The summed E-state index contributed by atoms with van der Waals surface area (Å²) in [7, 11) is 0. The Kier molecular flexibility index (Phi) is 5.19. The number of hydrogen-bond donors (Lipinski definition) is 2. The number of carbonyl (C=O) groups is 2. The average molecular weight is 394 g/mol. The van der Waals surface area contributed by atoms with Crippen molar-refractivity contribution in [2.75, 3.05) is 10.6 Å². The van der Waals surface area contributed by atoms with Crippen LogP contribution in [0.15, 0.2) is 41.3 Å². The van der Waals surface area contributed by atoms with Crippen molar-refractivity contribution in [3.05, 3.63) is 53.1 Å². The molecule has 1 aliphatic heterocycles. The molecule has 1 heterocycles. The lowest BCUT2D eigenvalue weighted by molar-refractivity contribution is -0.137. The Balaban J connectivity index is 1.69. The van der Waals surface area contributed by atoms with E-state index in [1.54, 1.807) is 6.07 Å². The zero-order valence-corrected chi connectivity index (χ0v) is 15.4. The van der Waals surface area contributed by atoms with E-state index >= 15 is 0 Å². The van der Waals surface area contributed by atoms with Crippen LogP contribution in [0.1, 0.15) is 23.1 Å². The van der Waals surface area contributed by atoms with Gasteiger partial charge in [-0.05, 0) is 55.3 Å². The number of rotatable bonds is 3. The van der Waals surface area contributed by atoms with Gasteiger partial charge in [0, 0.05) is 17.0 Å². The molecule has 0 unspecified atom stereocenters. The van der Waals surface area contributed by atoms with Gasteiger partial charge in [-0.15, -0.1) is 11.8 Å². The Morgan fingerprint density at radius 2 is 1.89 bits per heavy atom. The molecule has 0 fully saturated rings. The molecule has 2 N–H and O–H groups in total. The third-order valence-corrected chi connectivity index (χ3v) is 5.56. The van der Waals surface area contributed by atoms with E-state index in [0.717, 1.165) is 35.0 Å². The second-order valence-electron chi connectivity index (χ2n) is 6.36. The van der Waals surface area contributed by atoms with Gasteiger partial charge in [-0.2, -0.15) is 13.2 Å². The first-order valence-electron chi connectivity index (χ1n) is 8.19. The molecule has 1 aliphatic rings. The number of carbonyl (C=O) groups excluding carboxylic acids is 2. The fourth-order valence-corrected chi connectivity index (χ4v) is 3.75. The highest BCUT2D eigenvalue weighted by Gasteiger charge is 2.34. The van der Waals surface area contributed by atoms with Crippen LogP contribution in [0, 0.1) is 13.8 Å². The van der Waals surface area contributed by atoms with E-state index in [2.05, 4.69) is 10.6 Å². The molecule has 0 saturated carbocycles. The van der Waals surface area contributed by atoms with Crippen LogP contribution in [0.25, 0.3) is 0 Å². The fraction of sp³-hybridized carbons (Fsp3) is 0.263. The van der Waals surface area contributed by atoms with Crippen molar-refractivity contribution < 1.29 is 22.8 Å². The SMILES string of the molecule is Cc1ccc(NC(=O)C[C@H]2Sc3ccc(C(F)(F)F)cc3NC2=O)cc1C. The minimum atomic E-state index is -4.48. The first-order valence-corrected chi connectivity index (χ1v) is 9.07. The fourth-order valence-electron chi connectivity index (χ4n) is 2.66. The molecule has 2 amide bonds. The zero-order chi connectivity index (χ0) is 19.8. The zero-order valence-electron chi connectivity index (χ0n) is 14.6. The van der Waals surface area contributed by atoms with Gasteiger partial charge in [0.15, 0.2) is 0 Å². The van der Waals surface area contributed by atoms with Crippen LogP contribution < -0.4 is 10.6 Å². The van der Waals surface area contributed by atoms with Crippen molar-refractivity contribution in [3.8, 4) is 0 Å². The van der Waals surface area contributed by atoms with Gasteiger partial charge in [-0.25, -0.2) is 0 Å². The molecule has 0 radical (unpaired) electrons. The Hall–Kier alpha value is -2.48. The lowest BCUT2D eigenvalue weighted by Gasteiger charge is -2.24. The average Bonchev–Trinajstić information content (AvgIpc) is 2.57. The number of anilines is 2. The van der Waals surface area contributed by atoms with Gasteiger partial charge in [0.1, 0.15) is 0 Å². The van der Waals surface area contributed by atoms with Crippen molar-refractivity contribution in [1.82, 2.24) is 0 Å². The number of alkyl halides is 3. The van der Waals surface area contributed by atoms with E-state index in [-0.39, 0.29) is 18.0 Å². The van der Waals surface area contributed by atoms with Crippen molar-refractivity contribution in [2.45, 2.75) is 36.6 Å². The standard InChI is InChI=1S/C19H17F3N2O2S/c1-10-3-5-13(7-11(10)2)23-17(25)9-16-18(26)24-14-8-12(19(20,21)22)4-6-15(14)27-16/h3-8,16H,9H2,1-2H3,(H,23,25)(H,24,26)/t16-/m1/s1. The summed E-state index contributed by atoms with van der Waals surface area (Å²) in [6.07, 6.45) is -4.56. The lowest BCUT2D eigenvalue weighted by Crippen LogP contribution is -2.32. The van der Waals surface area contributed by atoms with Gasteiger partial charge in [0.05, 0.1) is 16.5 Å². The Morgan fingerprint density at radius 1 is 1.15 bits per heavy atom. The van der Waals surface area contributed by atoms with Crippen LogP contribution in [0.2, 0.25) is 0 Å². The van der Waals surface area contributed by atoms with Gasteiger partial charge < -0.3 is 10.6 Å². The van der Waals surface area contributed by atoms with Crippen LogP contribution in [-0.4, -0.2) is 17.1 Å². The summed E-state index contributed by atoms with van der Waals surface area (Å²) < 4.78 is 38.4. The van der Waals surface area contributed by atoms with Gasteiger partial charge in [-0.1, -0.05) is 6.07 Å². The largest absolute Gasteiger partial charge is 0.416 e. The number of amides is 2. The molecule has 2 aromatic carbocycles. The van der Waals surface area contributed by atoms with Crippen LogP contribution in [0.3, 0.4) is 0 Å². The van der Waals surface area contributed by atoms with E-state index in [9.17, 15) is 22.8 Å².